The molecule has 6 nitrogen and oxygen atoms in total. The summed E-state index contributed by atoms with van der Waals surface area (Å²) in [6.45, 7) is 6.24. The molecule has 0 radical (unpaired) electrons. The minimum absolute atomic E-state index is 0.127. The maximum atomic E-state index is 12.7. The Bertz CT molecular complexity index is 1240. The molecule has 0 rings (SSSR count). The zero-order chi connectivity index (χ0) is 42.3. The van der Waals surface area contributed by atoms with Crippen LogP contribution in [0.25, 0.3) is 0 Å². The van der Waals surface area contributed by atoms with E-state index in [9.17, 15) is 14.4 Å². The van der Waals surface area contributed by atoms with E-state index in [-0.39, 0.29) is 38.0 Å². The number of unbranched alkanes of at least 4 members (excludes halogenated alkanes) is 10. The fourth-order valence-corrected chi connectivity index (χ4v) is 5.61. The molecule has 0 aliphatic heterocycles. The molecule has 0 bridgehead atoms. The molecule has 0 aliphatic carbocycles. The lowest BCUT2D eigenvalue weighted by molar-refractivity contribution is -0.166. The second kappa shape index (κ2) is 45.8. The first-order chi connectivity index (χ1) is 28.5. The average molecular weight is 803 g/mol. The van der Waals surface area contributed by atoms with Crippen LogP contribution in [0.5, 0.6) is 0 Å². The molecule has 0 amide bonds. The SMILES string of the molecule is CC/C=C\C/C=C\C/C=C\C/C=C\CCCCC(=O)OCC(COC(=O)CCCCCCC/C=C\CCCCC)OC(=O)CC/C=C\C/C=C\C/C=C\C/C=C\CC. The molecule has 0 aromatic carbocycles. The second-order valence-electron chi connectivity index (χ2n) is 14.5. The first kappa shape index (κ1) is 54.1. The molecule has 0 spiro atoms. The van der Waals surface area contributed by atoms with Gasteiger partial charge >= 0.3 is 17.9 Å². The van der Waals surface area contributed by atoms with Crippen molar-refractivity contribution >= 4 is 17.9 Å². The number of hydrogen-bond donors (Lipinski definition) is 0. The molecule has 0 aliphatic rings. The Morgan fingerprint density at radius 1 is 0.362 bits per heavy atom. The van der Waals surface area contributed by atoms with Crippen LogP contribution < -0.4 is 0 Å². The maximum Gasteiger partial charge on any atom is 0.306 e. The Balaban J connectivity index is 4.59. The van der Waals surface area contributed by atoms with Crippen LogP contribution in [0.1, 0.15) is 181 Å². The van der Waals surface area contributed by atoms with Crippen LogP contribution in [-0.4, -0.2) is 37.2 Å². The van der Waals surface area contributed by atoms with Gasteiger partial charge in [-0.25, -0.2) is 0 Å². The number of rotatable bonds is 39. The first-order valence-corrected chi connectivity index (χ1v) is 22.9. The number of carbonyl (C=O) groups excluding carboxylic acids is 3. The topological polar surface area (TPSA) is 78.9 Å². The summed E-state index contributed by atoms with van der Waals surface area (Å²) in [4.78, 5) is 37.7. The smallest absolute Gasteiger partial charge is 0.306 e. The number of carbonyl (C=O) groups is 3. The van der Waals surface area contributed by atoms with E-state index in [1.54, 1.807) is 0 Å². The summed E-state index contributed by atoms with van der Waals surface area (Å²) < 4.78 is 16.6. The quantitative estimate of drug-likeness (QED) is 0.0267. The van der Waals surface area contributed by atoms with E-state index < -0.39 is 12.1 Å². The lowest BCUT2D eigenvalue weighted by Gasteiger charge is -2.18. The van der Waals surface area contributed by atoms with Crippen molar-refractivity contribution in [2.75, 3.05) is 13.2 Å². The Labute approximate surface area is 355 Å². The Kier molecular flexibility index (Phi) is 42.7. The largest absolute Gasteiger partial charge is 0.462 e. The Morgan fingerprint density at radius 2 is 0.707 bits per heavy atom. The summed E-state index contributed by atoms with van der Waals surface area (Å²) in [5, 5.41) is 0. The standard InChI is InChI=1S/C52H82O6/c1-4-7-10-13-16-19-22-25-26-28-30-33-36-39-42-45-51(54)57-48-49(47-56-50(53)44-41-38-35-32-29-24-21-18-15-12-9-6-3)58-52(55)46-43-40-37-34-31-27-23-20-17-14-11-8-5-2/h7-8,10-11,16-21,25-27,30-31,33,37,40,49H,4-6,9,12-15,22-24,28-29,32,34-36,38-39,41-48H2,1-3H3/b10-7-,11-8-,19-16-,20-17-,21-18-,26-25-,31-27-,33-30-,40-37-. The van der Waals surface area contributed by atoms with Crippen molar-refractivity contribution in [1.29, 1.82) is 0 Å². The second-order valence-corrected chi connectivity index (χ2v) is 14.5. The van der Waals surface area contributed by atoms with E-state index in [0.29, 0.717) is 19.3 Å². The molecule has 0 saturated carbocycles. The van der Waals surface area contributed by atoms with Gasteiger partial charge in [0, 0.05) is 19.3 Å². The van der Waals surface area contributed by atoms with Crippen LogP contribution in [0.3, 0.4) is 0 Å². The maximum absolute atomic E-state index is 12.7. The van der Waals surface area contributed by atoms with Crippen molar-refractivity contribution < 1.29 is 28.6 Å². The molecule has 0 fully saturated rings. The van der Waals surface area contributed by atoms with Crippen molar-refractivity contribution in [2.24, 2.45) is 0 Å². The third-order valence-corrected chi connectivity index (χ3v) is 9.01. The van der Waals surface area contributed by atoms with Crippen LogP contribution in [0.4, 0.5) is 0 Å². The highest BCUT2D eigenvalue weighted by Crippen LogP contribution is 2.11. The van der Waals surface area contributed by atoms with Crippen molar-refractivity contribution in [2.45, 2.75) is 187 Å². The zero-order valence-corrected chi connectivity index (χ0v) is 37.0. The summed E-state index contributed by atoms with van der Waals surface area (Å²) in [6, 6.07) is 0. The van der Waals surface area contributed by atoms with Gasteiger partial charge in [0.15, 0.2) is 6.10 Å². The van der Waals surface area contributed by atoms with Gasteiger partial charge in [0.05, 0.1) is 0 Å². The van der Waals surface area contributed by atoms with E-state index in [1.165, 1.54) is 32.1 Å². The molecule has 326 valence electrons. The van der Waals surface area contributed by atoms with Gasteiger partial charge in [-0.1, -0.05) is 162 Å². The monoisotopic (exact) mass is 803 g/mol. The average Bonchev–Trinajstić information content (AvgIpc) is 3.22. The molecule has 58 heavy (non-hydrogen) atoms. The van der Waals surface area contributed by atoms with Gasteiger partial charge in [-0.3, -0.25) is 14.4 Å². The van der Waals surface area contributed by atoms with E-state index >= 15 is 0 Å². The number of ether oxygens (including phenoxy) is 3. The van der Waals surface area contributed by atoms with Gasteiger partial charge < -0.3 is 14.2 Å². The molecular weight excluding hydrogens is 721 g/mol. The van der Waals surface area contributed by atoms with Gasteiger partial charge in [0.1, 0.15) is 13.2 Å². The molecule has 0 aromatic heterocycles. The number of esters is 3. The summed E-state index contributed by atoms with van der Waals surface area (Å²) in [7, 11) is 0. The van der Waals surface area contributed by atoms with Crippen LogP contribution in [-0.2, 0) is 28.6 Å². The summed E-state index contributed by atoms with van der Waals surface area (Å²) in [5.74, 6) is -1.07. The van der Waals surface area contributed by atoms with Crippen LogP contribution in [0.2, 0.25) is 0 Å². The summed E-state index contributed by atoms with van der Waals surface area (Å²) in [5.41, 5.74) is 0. The van der Waals surface area contributed by atoms with Gasteiger partial charge in [0.2, 0.25) is 0 Å². The number of allylic oxidation sites excluding steroid dienone is 18. The van der Waals surface area contributed by atoms with Crippen molar-refractivity contribution in [3.8, 4) is 0 Å². The Hall–Kier alpha value is -3.93. The van der Waals surface area contributed by atoms with Crippen LogP contribution in [0.15, 0.2) is 109 Å². The van der Waals surface area contributed by atoms with Crippen LogP contribution in [0, 0.1) is 0 Å². The highest BCUT2D eigenvalue weighted by atomic mass is 16.6. The minimum Gasteiger partial charge on any atom is -0.462 e. The molecule has 0 N–H and O–H groups in total. The fraction of sp³-hybridized carbons (Fsp3) is 0.596. The van der Waals surface area contributed by atoms with Crippen LogP contribution >= 0.6 is 0 Å². The highest BCUT2D eigenvalue weighted by molar-refractivity contribution is 5.71. The minimum atomic E-state index is -0.836. The number of hydrogen-bond acceptors (Lipinski definition) is 6. The van der Waals surface area contributed by atoms with Crippen molar-refractivity contribution in [3.05, 3.63) is 109 Å². The lowest BCUT2D eigenvalue weighted by Crippen LogP contribution is -2.30. The predicted octanol–water partition coefficient (Wildman–Crippen LogP) is 14.8. The van der Waals surface area contributed by atoms with E-state index in [0.717, 1.165) is 96.3 Å². The molecule has 0 saturated heterocycles. The van der Waals surface area contributed by atoms with E-state index in [4.69, 9.17) is 14.2 Å². The zero-order valence-electron chi connectivity index (χ0n) is 37.0. The first-order valence-electron chi connectivity index (χ1n) is 22.9. The van der Waals surface area contributed by atoms with Gasteiger partial charge in [-0.05, 0) is 109 Å². The third-order valence-electron chi connectivity index (χ3n) is 9.01. The normalized spacial score (nSPS) is 13.1. The highest BCUT2D eigenvalue weighted by Gasteiger charge is 2.19. The summed E-state index contributed by atoms with van der Waals surface area (Å²) >= 11 is 0. The fourth-order valence-electron chi connectivity index (χ4n) is 5.61. The van der Waals surface area contributed by atoms with Crippen molar-refractivity contribution in [1.82, 2.24) is 0 Å². The van der Waals surface area contributed by atoms with Gasteiger partial charge in [-0.2, -0.15) is 0 Å². The molecule has 0 aromatic rings. The van der Waals surface area contributed by atoms with Gasteiger partial charge in [-0.15, -0.1) is 0 Å². The molecule has 1 unspecified atom stereocenters. The van der Waals surface area contributed by atoms with E-state index in [1.807, 2.05) is 12.2 Å². The molecular formula is C52H82O6. The molecule has 1 atom stereocenters. The lowest BCUT2D eigenvalue weighted by atomic mass is 10.1. The summed E-state index contributed by atoms with van der Waals surface area (Å²) in [6.07, 6.45) is 60.9. The Morgan fingerprint density at radius 3 is 1.17 bits per heavy atom. The predicted molar refractivity (Wildman–Crippen MR) is 247 cm³/mol. The van der Waals surface area contributed by atoms with E-state index in [2.05, 4.69) is 118 Å². The third kappa shape index (κ3) is 43.2. The molecule has 0 heterocycles. The van der Waals surface area contributed by atoms with Crippen molar-refractivity contribution in [3.63, 3.8) is 0 Å². The molecule has 6 heteroatoms. The van der Waals surface area contributed by atoms with Gasteiger partial charge in [0.25, 0.3) is 0 Å².